The van der Waals surface area contributed by atoms with E-state index in [1.54, 1.807) is 0 Å². The zero-order valence-corrected chi connectivity index (χ0v) is 35.6. The van der Waals surface area contributed by atoms with E-state index in [1.165, 1.54) is 77.0 Å². The summed E-state index contributed by atoms with van der Waals surface area (Å²) in [7, 11) is 1.15. The van der Waals surface area contributed by atoms with E-state index in [2.05, 4.69) is 50.3 Å². The lowest BCUT2D eigenvalue weighted by atomic mass is 10.0. The quantitative estimate of drug-likeness (QED) is 0.0201. The lowest BCUT2D eigenvalue weighted by Gasteiger charge is -2.28. The van der Waals surface area contributed by atoms with Crippen molar-refractivity contribution in [1.29, 1.82) is 0 Å². The van der Waals surface area contributed by atoms with Gasteiger partial charge in [0.1, 0.15) is 19.8 Å². The number of carbonyl (C=O) groups is 2. The van der Waals surface area contributed by atoms with Gasteiger partial charge in [-0.2, -0.15) is 0 Å². The third kappa shape index (κ3) is 39.7. The van der Waals surface area contributed by atoms with Crippen molar-refractivity contribution in [3.8, 4) is 0 Å². The first-order valence-corrected chi connectivity index (χ1v) is 22.7. The van der Waals surface area contributed by atoms with Gasteiger partial charge in [0.15, 0.2) is 6.10 Å². The predicted octanol–water partition coefficient (Wildman–Crippen LogP) is 11.1. The summed E-state index contributed by atoms with van der Waals surface area (Å²) in [6.45, 7) is 4.16. The Balaban J connectivity index is 4.41. The van der Waals surface area contributed by atoms with Crippen molar-refractivity contribution < 1.29 is 42.1 Å². The monoisotopic (exact) mass is 770 g/mol. The van der Waals surface area contributed by atoms with Crippen LogP contribution in [0, 0.1) is 0 Å². The van der Waals surface area contributed by atoms with Crippen molar-refractivity contribution in [3.05, 3.63) is 36.5 Å². The Labute approximate surface area is 325 Å². The largest absolute Gasteiger partial charge is 0.756 e. The molecule has 0 aliphatic heterocycles. The van der Waals surface area contributed by atoms with Crippen LogP contribution in [0.1, 0.15) is 174 Å². The molecule has 0 aromatic rings. The highest BCUT2D eigenvalue weighted by Gasteiger charge is 2.21. The van der Waals surface area contributed by atoms with Crippen LogP contribution in [0.2, 0.25) is 0 Å². The number of carbonyl (C=O) groups excluding carboxylic acids is 2. The van der Waals surface area contributed by atoms with Crippen molar-refractivity contribution in [2.24, 2.45) is 0 Å². The second-order valence-corrected chi connectivity index (χ2v) is 16.8. The highest BCUT2D eigenvalue weighted by molar-refractivity contribution is 7.45. The maximum absolute atomic E-state index is 12.6. The van der Waals surface area contributed by atoms with E-state index < -0.39 is 32.5 Å². The Morgan fingerprint density at radius 3 is 1.55 bits per heavy atom. The summed E-state index contributed by atoms with van der Waals surface area (Å²) in [5.41, 5.74) is 0. The first-order chi connectivity index (χ1) is 25.5. The van der Waals surface area contributed by atoms with E-state index in [4.69, 9.17) is 18.5 Å². The molecule has 0 heterocycles. The number of rotatable bonds is 38. The van der Waals surface area contributed by atoms with Gasteiger partial charge in [0, 0.05) is 12.8 Å². The van der Waals surface area contributed by atoms with Crippen LogP contribution in [-0.2, 0) is 32.7 Å². The molecule has 0 bridgehead atoms. The summed E-state index contributed by atoms with van der Waals surface area (Å²) in [5, 5.41) is 0. The number of likely N-dealkylation sites (N-methyl/N-ethyl adjacent to an activating group) is 1. The van der Waals surface area contributed by atoms with E-state index >= 15 is 0 Å². The second kappa shape index (κ2) is 35.9. The van der Waals surface area contributed by atoms with Gasteiger partial charge in [-0.15, -0.1) is 0 Å². The van der Waals surface area contributed by atoms with Gasteiger partial charge in [0.05, 0.1) is 27.7 Å². The van der Waals surface area contributed by atoms with Gasteiger partial charge in [0.25, 0.3) is 7.82 Å². The lowest BCUT2D eigenvalue weighted by molar-refractivity contribution is -0.870. The number of allylic oxidation sites excluding steroid dienone is 6. The molecule has 0 saturated carbocycles. The van der Waals surface area contributed by atoms with Crippen molar-refractivity contribution in [3.63, 3.8) is 0 Å². The molecule has 310 valence electrons. The molecule has 0 amide bonds. The molecule has 9 nitrogen and oxygen atoms in total. The van der Waals surface area contributed by atoms with Crippen molar-refractivity contribution >= 4 is 19.8 Å². The fraction of sp³-hybridized carbons (Fsp3) is 0.814. The molecular formula is C43H80NO8P. The average Bonchev–Trinajstić information content (AvgIpc) is 3.10. The van der Waals surface area contributed by atoms with Crippen LogP contribution in [0.5, 0.6) is 0 Å². The molecule has 53 heavy (non-hydrogen) atoms. The third-order valence-electron chi connectivity index (χ3n) is 8.91. The lowest BCUT2D eigenvalue weighted by Crippen LogP contribution is -2.37. The molecule has 0 spiro atoms. The van der Waals surface area contributed by atoms with Crippen molar-refractivity contribution in [2.45, 2.75) is 180 Å². The molecule has 0 N–H and O–H groups in total. The summed E-state index contributed by atoms with van der Waals surface area (Å²) in [6, 6.07) is 0. The number of phosphoric ester groups is 1. The minimum atomic E-state index is -4.62. The standard InChI is InChI=1S/C43H80NO8P/c1-6-8-10-12-14-16-18-20-21-22-23-24-26-27-29-31-33-35-42(45)49-39-41(40-51-53(47,48)50-38-37-44(3,4)5)52-43(46)36-34-32-30-28-25-19-17-15-13-11-9-7-2/h14,16,20-21,23-24,41H,6-13,15,17-19,22,25-40H2,1-5H3/b16-14-,21-20-,24-23-/t41-/m1/s1. The predicted molar refractivity (Wildman–Crippen MR) is 217 cm³/mol. The molecule has 0 fully saturated rings. The van der Waals surface area contributed by atoms with E-state index in [0.717, 1.165) is 57.8 Å². The average molecular weight is 770 g/mol. The summed E-state index contributed by atoms with van der Waals surface area (Å²) >= 11 is 0. The van der Waals surface area contributed by atoms with Gasteiger partial charge < -0.3 is 27.9 Å². The number of hydrogen-bond donors (Lipinski definition) is 0. The first-order valence-electron chi connectivity index (χ1n) is 21.2. The smallest absolute Gasteiger partial charge is 0.306 e. The van der Waals surface area contributed by atoms with Crippen LogP contribution in [0.15, 0.2) is 36.5 Å². The molecule has 10 heteroatoms. The van der Waals surface area contributed by atoms with Crippen LogP contribution in [-0.4, -0.2) is 70.0 Å². The Morgan fingerprint density at radius 2 is 1.02 bits per heavy atom. The maximum atomic E-state index is 12.6. The van der Waals surface area contributed by atoms with Crippen LogP contribution in [0.4, 0.5) is 0 Å². The maximum Gasteiger partial charge on any atom is 0.306 e. The summed E-state index contributed by atoms with van der Waals surface area (Å²) in [4.78, 5) is 37.4. The molecule has 0 aromatic carbocycles. The van der Waals surface area contributed by atoms with Gasteiger partial charge >= 0.3 is 11.9 Å². The Morgan fingerprint density at radius 1 is 0.585 bits per heavy atom. The number of phosphoric acid groups is 1. The van der Waals surface area contributed by atoms with E-state index in [-0.39, 0.29) is 26.1 Å². The molecule has 1 unspecified atom stereocenters. The van der Waals surface area contributed by atoms with E-state index in [0.29, 0.717) is 23.9 Å². The van der Waals surface area contributed by atoms with Gasteiger partial charge in [-0.1, -0.05) is 147 Å². The molecule has 2 atom stereocenters. The number of ether oxygens (including phenoxy) is 2. The molecule has 0 rings (SSSR count). The molecule has 0 aromatic heterocycles. The molecule has 0 radical (unpaired) electrons. The van der Waals surface area contributed by atoms with Crippen LogP contribution < -0.4 is 4.89 Å². The van der Waals surface area contributed by atoms with Gasteiger partial charge in [-0.3, -0.25) is 14.2 Å². The third-order valence-corrected chi connectivity index (χ3v) is 9.88. The topological polar surface area (TPSA) is 111 Å². The number of hydrogen-bond acceptors (Lipinski definition) is 8. The Hall–Kier alpha value is -1.77. The Kier molecular flexibility index (Phi) is 34.7. The number of esters is 2. The zero-order chi connectivity index (χ0) is 39.3. The van der Waals surface area contributed by atoms with E-state index in [9.17, 15) is 19.0 Å². The molecule has 0 aliphatic rings. The number of unbranched alkanes of at least 4 members (excludes halogenated alkanes) is 18. The first kappa shape index (κ1) is 51.2. The molecule has 0 saturated heterocycles. The fourth-order valence-electron chi connectivity index (χ4n) is 5.54. The van der Waals surface area contributed by atoms with Gasteiger partial charge in [-0.05, 0) is 51.4 Å². The number of quaternary nitrogens is 1. The number of nitrogens with zero attached hydrogens (tertiary/aromatic N) is 1. The van der Waals surface area contributed by atoms with Gasteiger partial charge in [-0.25, -0.2) is 0 Å². The Bertz CT molecular complexity index is 1010. The fourth-order valence-corrected chi connectivity index (χ4v) is 6.27. The summed E-state index contributed by atoms with van der Waals surface area (Å²) in [6.07, 6.45) is 38.8. The highest BCUT2D eigenvalue weighted by Crippen LogP contribution is 2.38. The normalized spacial score (nSPS) is 14.0. The van der Waals surface area contributed by atoms with Crippen LogP contribution in [0.3, 0.4) is 0 Å². The highest BCUT2D eigenvalue weighted by atomic mass is 31.2. The summed E-state index contributed by atoms with van der Waals surface area (Å²) < 4.78 is 33.8. The second-order valence-electron chi connectivity index (χ2n) is 15.4. The van der Waals surface area contributed by atoms with E-state index in [1.807, 2.05) is 21.1 Å². The molecular weight excluding hydrogens is 689 g/mol. The summed E-state index contributed by atoms with van der Waals surface area (Å²) in [5.74, 6) is -0.859. The van der Waals surface area contributed by atoms with Crippen LogP contribution in [0.25, 0.3) is 0 Å². The molecule has 0 aliphatic carbocycles. The minimum Gasteiger partial charge on any atom is -0.756 e. The van der Waals surface area contributed by atoms with Crippen molar-refractivity contribution in [1.82, 2.24) is 0 Å². The SMILES string of the molecule is CCCCC/C=C\C/C=C\C/C=C\CCCCCCC(=O)OC[C@H](COP(=O)([O-])OCC[N+](C)(C)C)OC(=O)CCCCCCCCCCCCCC. The van der Waals surface area contributed by atoms with Gasteiger partial charge in [0.2, 0.25) is 0 Å². The zero-order valence-electron chi connectivity index (χ0n) is 34.7. The minimum absolute atomic E-state index is 0.0341. The van der Waals surface area contributed by atoms with Crippen LogP contribution >= 0.6 is 7.82 Å². The van der Waals surface area contributed by atoms with Crippen molar-refractivity contribution in [2.75, 3.05) is 47.5 Å².